The van der Waals surface area contributed by atoms with Crippen molar-refractivity contribution in [2.24, 2.45) is 5.10 Å². The second-order valence-electron chi connectivity index (χ2n) is 6.27. The summed E-state index contributed by atoms with van der Waals surface area (Å²) in [5.41, 5.74) is 4.82. The lowest BCUT2D eigenvalue weighted by atomic mass is 10.1. The van der Waals surface area contributed by atoms with Crippen molar-refractivity contribution in [3.8, 4) is 5.75 Å². The van der Waals surface area contributed by atoms with Gasteiger partial charge in [0.2, 0.25) is 0 Å². The number of hydrogen-bond donors (Lipinski definition) is 1. The molecule has 0 aliphatic rings. The zero-order valence-corrected chi connectivity index (χ0v) is 17.0. The van der Waals surface area contributed by atoms with Crippen LogP contribution >= 0.6 is 15.9 Å². The SMILES string of the molecule is Cc1cccc(COc2ccc(/C=N\Nc3ccc(C(F)(F)F)cn3)cc2Br)c1. The van der Waals surface area contributed by atoms with E-state index in [0.29, 0.717) is 12.4 Å². The molecule has 150 valence electrons. The number of pyridine rings is 1. The monoisotopic (exact) mass is 463 g/mol. The molecule has 0 unspecified atom stereocenters. The van der Waals surface area contributed by atoms with Crippen LogP contribution in [0.2, 0.25) is 0 Å². The molecular weight excluding hydrogens is 447 g/mol. The third-order valence-electron chi connectivity index (χ3n) is 3.92. The Balaban J connectivity index is 1.58. The van der Waals surface area contributed by atoms with Crippen LogP contribution < -0.4 is 10.2 Å². The Morgan fingerprint density at radius 1 is 1.14 bits per heavy atom. The van der Waals surface area contributed by atoms with E-state index in [1.165, 1.54) is 17.8 Å². The van der Waals surface area contributed by atoms with E-state index in [2.05, 4.69) is 37.5 Å². The average molecular weight is 464 g/mol. The molecule has 3 rings (SSSR count). The number of aromatic nitrogens is 1. The predicted molar refractivity (Wildman–Crippen MR) is 110 cm³/mol. The van der Waals surface area contributed by atoms with Crippen LogP contribution in [0.3, 0.4) is 0 Å². The lowest BCUT2D eigenvalue weighted by Crippen LogP contribution is -2.05. The van der Waals surface area contributed by atoms with E-state index >= 15 is 0 Å². The molecule has 0 aliphatic heterocycles. The summed E-state index contributed by atoms with van der Waals surface area (Å²) >= 11 is 3.47. The first-order valence-corrected chi connectivity index (χ1v) is 9.41. The van der Waals surface area contributed by atoms with Gasteiger partial charge in [0.05, 0.1) is 16.3 Å². The minimum atomic E-state index is -4.41. The molecule has 0 aliphatic carbocycles. The molecule has 8 heteroatoms. The quantitative estimate of drug-likeness (QED) is 0.349. The zero-order chi connectivity index (χ0) is 20.9. The van der Waals surface area contributed by atoms with Gasteiger partial charge in [-0.05, 0) is 64.3 Å². The van der Waals surface area contributed by atoms with Gasteiger partial charge < -0.3 is 4.74 Å². The number of ether oxygens (including phenoxy) is 1. The summed E-state index contributed by atoms with van der Waals surface area (Å²) < 4.78 is 44.2. The Kier molecular flexibility index (Phi) is 6.53. The summed E-state index contributed by atoms with van der Waals surface area (Å²) in [5, 5.41) is 4.00. The van der Waals surface area contributed by atoms with Gasteiger partial charge in [0.25, 0.3) is 0 Å². The van der Waals surface area contributed by atoms with E-state index in [0.717, 1.165) is 27.9 Å². The second kappa shape index (κ2) is 9.09. The fourth-order valence-corrected chi connectivity index (χ4v) is 2.99. The highest BCUT2D eigenvalue weighted by atomic mass is 79.9. The topological polar surface area (TPSA) is 46.5 Å². The normalized spacial score (nSPS) is 11.6. The number of alkyl halides is 3. The molecular formula is C21H17BrF3N3O. The molecule has 1 aromatic heterocycles. The molecule has 4 nitrogen and oxygen atoms in total. The highest BCUT2D eigenvalue weighted by Crippen LogP contribution is 2.29. The average Bonchev–Trinajstić information content (AvgIpc) is 2.67. The number of aryl methyl sites for hydroxylation is 1. The first-order valence-electron chi connectivity index (χ1n) is 8.61. The lowest BCUT2D eigenvalue weighted by molar-refractivity contribution is -0.137. The number of anilines is 1. The van der Waals surface area contributed by atoms with E-state index in [-0.39, 0.29) is 5.82 Å². The van der Waals surface area contributed by atoms with Crippen LogP contribution in [-0.2, 0) is 12.8 Å². The van der Waals surface area contributed by atoms with Gasteiger partial charge in [0.1, 0.15) is 18.2 Å². The molecule has 0 spiro atoms. The van der Waals surface area contributed by atoms with Crippen molar-refractivity contribution in [3.05, 3.63) is 87.5 Å². The number of hydrazone groups is 1. The number of hydrogen-bond acceptors (Lipinski definition) is 4. The van der Waals surface area contributed by atoms with Crippen molar-refractivity contribution < 1.29 is 17.9 Å². The van der Waals surface area contributed by atoms with Crippen LogP contribution in [0.5, 0.6) is 5.75 Å². The fourth-order valence-electron chi connectivity index (χ4n) is 2.48. The Labute approximate surface area is 174 Å². The molecule has 2 aromatic carbocycles. The lowest BCUT2D eigenvalue weighted by Gasteiger charge is -2.09. The van der Waals surface area contributed by atoms with Gasteiger partial charge in [-0.2, -0.15) is 18.3 Å². The maximum Gasteiger partial charge on any atom is 0.417 e. The molecule has 3 aromatic rings. The van der Waals surface area contributed by atoms with Crippen LogP contribution in [-0.4, -0.2) is 11.2 Å². The van der Waals surface area contributed by atoms with E-state index in [1.54, 1.807) is 0 Å². The smallest absolute Gasteiger partial charge is 0.417 e. The second-order valence-corrected chi connectivity index (χ2v) is 7.12. The Bertz CT molecular complexity index is 1000. The van der Waals surface area contributed by atoms with Gasteiger partial charge in [-0.3, -0.25) is 5.43 Å². The van der Waals surface area contributed by atoms with E-state index in [9.17, 15) is 13.2 Å². The van der Waals surface area contributed by atoms with Crippen molar-refractivity contribution in [3.63, 3.8) is 0 Å². The number of nitrogens with zero attached hydrogens (tertiary/aromatic N) is 2. The third-order valence-corrected chi connectivity index (χ3v) is 4.54. The van der Waals surface area contributed by atoms with Crippen molar-refractivity contribution >= 4 is 28.0 Å². The first kappa shape index (κ1) is 20.9. The Morgan fingerprint density at radius 2 is 1.97 bits per heavy atom. The fraction of sp³-hybridized carbons (Fsp3) is 0.143. The summed E-state index contributed by atoms with van der Waals surface area (Å²) in [6.07, 6.45) is -2.12. The summed E-state index contributed by atoms with van der Waals surface area (Å²) in [4.78, 5) is 3.69. The highest BCUT2D eigenvalue weighted by molar-refractivity contribution is 9.10. The van der Waals surface area contributed by atoms with Crippen LogP contribution in [0.25, 0.3) is 0 Å². The standard InChI is InChI=1S/C21H17BrF3N3O/c1-14-3-2-4-16(9-14)13-29-19-7-5-15(10-18(19)22)11-27-28-20-8-6-17(12-26-20)21(23,24)25/h2-12H,13H2,1H3,(H,26,28)/b27-11-. The van der Waals surface area contributed by atoms with E-state index in [1.807, 2.05) is 43.3 Å². The molecule has 29 heavy (non-hydrogen) atoms. The third kappa shape index (κ3) is 6.05. The molecule has 1 N–H and O–H groups in total. The van der Waals surface area contributed by atoms with Gasteiger partial charge in [-0.15, -0.1) is 0 Å². The molecule has 0 amide bonds. The number of halogens is 4. The van der Waals surface area contributed by atoms with Crippen molar-refractivity contribution in [2.45, 2.75) is 19.7 Å². The van der Waals surface area contributed by atoms with Crippen LogP contribution in [0.15, 0.2) is 70.4 Å². The predicted octanol–water partition coefficient (Wildman–Crippen LogP) is 6.20. The van der Waals surface area contributed by atoms with Crippen molar-refractivity contribution in [1.29, 1.82) is 0 Å². The van der Waals surface area contributed by atoms with E-state index in [4.69, 9.17) is 4.74 Å². The minimum Gasteiger partial charge on any atom is -0.488 e. The molecule has 0 bridgehead atoms. The number of rotatable bonds is 6. The maximum atomic E-state index is 12.5. The van der Waals surface area contributed by atoms with Crippen molar-refractivity contribution in [1.82, 2.24) is 4.98 Å². The number of benzene rings is 2. The van der Waals surface area contributed by atoms with Gasteiger partial charge in [0.15, 0.2) is 0 Å². The highest BCUT2D eigenvalue weighted by Gasteiger charge is 2.30. The summed E-state index contributed by atoms with van der Waals surface area (Å²) in [5.74, 6) is 0.910. The van der Waals surface area contributed by atoms with Gasteiger partial charge in [0, 0.05) is 6.20 Å². The Hall–Kier alpha value is -2.87. The first-order chi connectivity index (χ1) is 13.8. The van der Waals surface area contributed by atoms with Gasteiger partial charge in [-0.1, -0.05) is 29.8 Å². The maximum absolute atomic E-state index is 12.5. The van der Waals surface area contributed by atoms with Crippen molar-refractivity contribution in [2.75, 3.05) is 5.43 Å². The summed E-state index contributed by atoms with van der Waals surface area (Å²) in [7, 11) is 0. The summed E-state index contributed by atoms with van der Waals surface area (Å²) in [6.45, 7) is 2.48. The molecule has 0 saturated carbocycles. The van der Waals surface area contributed by atoms with Gasteiger partial charge >= 0.3 is 6.18 Å². The van der Waals surface area contributed by atoms with Crippen LogP contribution in [0, 0.1) is 6.92 Å². The largest absolute Gasteiger partial charge is 0.488 e. The zero-order valence-electron chi connectivity index (χ0n) is 15.4. The molecule has 0 fully saturated rings. The van der Waals surface area contributed by atoms with E-state index < -0.39 is 11.7 Å². The molecule has 0 radical (unpaired) electrons. The van der Waals surface area contributed by atoms with Crippen LogP contribution in [0.1, 0.15) is 22.3 Å². The number of nitrogens with one attached hydrogen (secondary N) is 1. The molecule has 0 saturated heterocycles. The molecule has 0 atom stereocenters. The molecule has 1 heterocycles. The van der Waals surface area contributed by atoms with Crippen LogP contribution in [0.4, 0.5) is 19.0 Å². The Morgan fingerprint density at radius 3 is 2.62 bits per heavy atom. The van der Waals surface area contributed by atoms with Gasteiger partial charge in [-0.25, -0.2) is 4.98 Å². The summed E-state index contributed by atoms with van der Waals surface area (Å²) in [6, 6.07) is 15.7. The minimum absolute atomic E-state index is 0.214.